The monoisotopic (exact) mass is 523 g/mol. The maximum absolute atomic E-state index is 13.9. The first-order valence-electron chi connectivity index (χ1n) is 12.3. The third kappa shape index (κ3) is 7.02. The molecule has 1 saturated heterocycles. The molecular formula is C28H30FN3O4S. The van der Waals surface area contributed by atoms with Gasteiger partial charge in [-0.15, -0.1) is 0 Å². The summed E-state index contributed by atoms with van der Waals surface area (Å²) in [6.45, 7) is 0.817. The van der Waals surface area contributed by atoms with E-state index in [9.17, 15) is 22.4 Å². The van der Waals surface area contributed by atoms with Gasteiger partial charge < -0.3 is 10.6 Å². The number of anilines is 1. The number of nitrogens with zero attached hydrogens (tertiary/aromatic N) is 1. The van der Waals surface area contributed by atoms with Crippen molar-refractivity contribution in [3.8, 4) is 0 Å². The zero-order chi connectivity index (χ0) is 26.3. The van der Waals surface area contributed by atoms with E-state index in [4.69, 9.17) is 0 Å². The molecule has 2 N–H and O–H groups in total. The van der Waals surface area contributed by atoms with Crippen molar-refractivity contribution < 1.29 is 22.4 Å². The molecule has 1 aliphatic heterocycles. The van der Waals surface area contributed by atoms with Crippen molar-refractivity contribution in [2.75, 3.05) is 25.0 Å². The minimum absolute atomic E-state index is 0.126. The summed E-state index contributed by atoms with van der Waals surface area (Å²) in [6, 6.07) is 22.5. The second-order valence-corrected chi connectivity index (χ2v) is 11.0. The number of sulfonamides is 1. The number of hydrogen-bond acceptors (Lipinski definition) is 4. The van der Waals surface area contributed by atoms with Crippen LogP contribution in [0.25, 0.3) is 0 Å². The van der Waals surface area contributed by atoms with E-state index < -0.39 is 27.5 Å². The number of nitrogens with one attached hydrogen (secondary N) is 2. The van der Waals surface area contributed by atoms with Crippen molar-refractivity contribution in [2.45, 2.75) is 25.0 Å². The lowest BCUT2D eigenvalue weighted by Crippen LogP contribution is -2.42. The summed E-state index contributed by atoms with van der Waals surface area (Å²) < 4.78 is 40.8. The van der Waals surface area contributed by atoms with E-state index in [0.29, 0.717) is 37.1 Å². The summed E-state index contributed by atoms with van der Waals surface area (Å²) in [6.07, 6.45) is 1.38. The molecule has 0 saturated carbocycles. The minimum Gasteiger partial charge on any atom is -0.352 e. The highest BCUT2D eigenvalue weighted by molar-refractivity contribution is 7.88. The van der Waals surface area contributed by atoms with Gasteiger partial charge in [-0.2, -0.15) is 0 Å². The quantitative estimate of drug-likeness (QED) is 0.444. The van der Waals surface area contributed by atoms with E-state index in [1.165, 1.54) is 22.5 Å². The molecule has 0 spiro atoms. The fraction of sp³-hybridized carbons (Fsp3) is 0.286. The molecule has 7 nitrogen and oxygen atoms in total. The number of halogens is 1. The van der Waals surface area contributed by atoms with Crippen LogP contribution in [-0.2, 0) is 27.0 Å². The second-order valence-electron chi connectivity index (χ2n) is 9.05. The van der Waals surface area contributed by atoms with E-state index in [2.05, 4.69) is 10.6 Å². The van der Waals surface area contributed by atoms with Crippen molar-refractivity contribution in [1.29, 1.82) is 0 Å². The fourth-order valence-corrected chi connectivity index (χ4v) is 5.96. The summed E-state index contributed by atoms with van der Waals surface area (Å²) in [4.78, 5) is 25.8. The van der Waals surface area contributed by atoms with Crippen molar-refractivity contribution in [1.82, 2.24) is 9.62 Å². The molecule has 3 aromatic carbocycles. The molecule has 0 radical (unpaired) electrons. The first-order chi connectivity index (χ1) is 17.8. The normalized spacial score (nSPS) is 14.7. The van der Waals surface area contributed by atoms with Crippen LogP contribution in [0.3, 0.4) is 0 Å². The van der Waals surface area contributed by atoms with E-state index in [0.717, 1.165) is 5.56 Å². The number of amides is 2. The van der Waals surface area contributed by atoms with Gasteiger partial charge >= 0.3 is 0 Å². The van der Waals surface area contributed by atoms with Crippen LogP contribution in [0.5, 0.6) is 0 Å². The average Bonchev–Trinajstić information content (AvgIpc) is 2.91. The van der Waals surface area contributed by atoms with Crippen LogP contribution in [0, 0.1) is 11.7 Å². The average molecular weight is 524 g/mol. The third-order valence-electron chi connectivity index (χ3n) is 6.49. The molecule has 2 amide bonds. The Kier molecular flexibility index (Phi) is 8.68. The molecular weight excluding hydrogens is 493 g/mol. The Morgan fingerprint density at radius 2 is 1.54 bits per heavy atom. The van der Waals surface area contributed by atoms with Gasteiger partial charge in [0.2, 0.25) is 15.9 Å². The number of carbonyl (C=O) groups is 2. The van der Waals surface area contributed by atoms with E-state index in [1.54, 1.807) is 30.3 Å². The van der Waals surface area contributed by atoms with Gasteiger partial charge in [0, 0.05) is 31.1 Å². The molecule has 37 heavy (non-hydrogen) atoms. The van der Waals surface area contributed by atoms with Gasteiger partial charge in [0.1, 0.15) is 5.82 Å². The predicted molar refractivity (Wildman–Crippen MR) is 141 cm³/mol. The first kappa shape index (κ1) is 26.5. The molecule has 1 aliphatic rings. The Balaban J connectivity index is 1.31. The number of carbonyl (C=O) groups excluding carboxylic acids is 2. The van der Waals surface area contributed by atoms with Crippen LogP contribution in [0.4, 0.5) is 10.1 Å². The molecule has 0 aromatic heterocycles. The van der Waals surface area contributed by atoms with E-state index in [-0.39, 0.29) is 30.5 Å². The van der Waals surface area contributed by atoms with Crippen LogP contribution >= 0.6 is 0 Å². The lowest BCUT2D eigenvalue weighted by atomic mass is 9.97. The Hall–Kier alpha value is -3.56. The van der Waals surface area contributed by atoms with Gasteiger partial charge in [-0.25, -0.2) is 17.1 Å². The summed E-state index contributed by atoms with van der Waals surface area (Å²) >= 11 is 0. The molecule has 1 heterocycles. The number of para-hydroxylation sites is 1. The molecule has 0 unspecified atom stereocenters. The standard InChI is InChI=1S/C28H30FN3O4S/c29-25-12-6-4-10-23(25)20-37(35,36)32-18-15-22(16-19-32)27(33)31-26-13-7-5-11-24(26)28(34)30-17-14-21-8-2-1-3-9-21/h1-13,22H,14-20H2,(H,30,34)(H,31,33). The maximum Gasteiger partial charge on any atom is 0.253 e. The molecule has 194 valence electrons. The SMILES string of the molecule is O=C(NCCc1ccccc1)c1ccccc1NC(=O)C1CCN(S(=O)(=O)Cc2ccccc2F)CC1. The highest BCUT2D eigenvalue weighted by atomic mass is 32.2. The van der Waals surface area contributed by atoms with Crippen LogP contribution in [0.2, 0.25) is 0 Å². The highest BCUT2D eigenvalue weighted by Crippen LogP contribution is 2.24. The third-order valence-corrected chi connectivity index (χ3v) is 8.31. The van der Waals surface area contributed by atoms with Gasteiger partial charge in [-0.05, 0) is 43.0 Å². The van der Waals surface area contributed by atoms with Crippen molar-refractivity contribution >= 4 is 27.5 Å². The summed E-state index contributed by atoms with van der Waals surface area (Å²) in [5.74, 6) is -1.89. The predicted octanol–water partition coefficient (Wildman–Crippen LogP) is 3.98. The van der Waals surface area contributed by atoms with Crippen molar-refractivity contribution in [3.63, 3.8) is 0 Å². The number of hydrogen-bond donors (Lipinski definition) is 2. The smallest absolute Gasteiger partial charge is 0.253 e. The summed E-state index contributed by atoms with van der Waals surface area (Å²) in [7, 11) is -3.71. The lowest BCUT2D eigenvalue weighted by molar-refractivity contribution is -0.120. The van der Waals surface area contributed by atoms with Crippen LogP contribution < -0.4 is 10.6 Å². The molecule has 3 aromatic rings. The van der Waals surface area contributed by atoms with Crippen molar-refractivity contribution in [2.24, 2.45) is 5.92 Å². The van der Waals surface area contributed by atoms with E-state index >= 15 is 0 Å². The minimum atomic E-state index is -3.71. The largest absolute Gasteiger partial charge is 0.352 e. The fourth-order valence-electron chi connectivity index (χ4n) is 4.38. The lowest BCUT2D eigenvalue weighted by Gasteiger charge is -2.30. The number of benzene rings is 3. The molecule has 1 fully saturated rings. The Bertz CT molecular complexity index is 1340. The van der Waals surface area contributed by atoms with Gasteiger partial charge in [-0.1, -0.05) is 60.7 Å². The van der Waals surface area contributed by atoms with Gasteiger partial charge in [0.15, 0.2) is 0 Å². The van der Waals surface area contributed by atoms with Crippen LogP contribution in [0.1, 0.15) is 34.3 Å². The first-order valence-corrected chi connectivity index (χ1v) is 13.9. The Morgan fingerprint density at radius 1 is 0.892 bits per heavy atom. The molecule has 4 rings (SSSR count). The van der Waals surface area contributed by atoms with E-state index in [1.807, 2.05) is 30.3 Å². The van der Waals surface area contributed by atoms with Gasteiger partial charge in [-0.3, -0.25) is 9.59 Å². The topological polar surface area (TPSA) is 95.6 Å². The summed E-state index contributed by atoms with van der Waals surface area (Å²) in [5.41, 5.74) is 2.03. The highest BCUT2D eigenvalue weighted by Gasteiger charge is 2.32. The van der Waals surface area contributed by atoms with Crippen molar-refractivity contribution in [3.05, 3.63) is 101 Å². The zero-order valence-electron chi connectivity index (χ0n) is 20.4. The zero-order valence-corrected chi connectivity index (χ0v) is 21.2. The second kappa shape index (κ2) is 12.1. The molecule has 9 heteroatoms. The number of piperidine rings is 1. The maximum atomic E-state index is 13.9. The summed E-state index contributed by atoms with van der Waals surface area (Å²) in [5, 5.41) is 5.75. The Morgan fingerprint density at radius 3 is 2.27 bits per heavy atom. The molecule has 0 atom stereocenters. The molecule has 0 aliphatic carbocycles. The Labute approximate surface area is 216 Å². The van der Waals surface area contributed by atoms with Gasteiger partial charge in [0.05, 0.1) is 17.0 Å². The van der Waals surface area contributed by atoms with Gasteiger partial charge in [0.25, 0.3) is 5.91 Å². The van der Waals surface area contributed by atoms with Crippen LogP contribution in [-0.4, -0.2) is 44.2 Å². The number of rotatable bonds is 9. The molecule has 0 bridgehead atoms. The van der Waals surface area contributed by atoms with Crippen LogP contribution in [0.15, 0.2) is 78.9 Å².